The van der Waals surface area contributed by atoms with Crippen LogP contribution in [0.3, 0.4) is 0 Å². The van der Waals surface area contributed by atoms with E-state index < -0.39 is 0 Å². The van der Waals surface area contributed by atoms with Gasteiger partial charge in [0.05, 0.1) is 13.7 Å². The van der Waals surface area contributed by atoms with E-state index in [9.17, 15) is 0 Å². The molecular weight excluding hydrogens is 402 g/mol. The van der Waals surface area contributed by atoms with Gasteiger partial charge in [0, 0.05) is 63.1 Å². The predicted molar refractivity (Wildman–Crippen MR) is 128 cm³/mol. The Kier molecular flexibility index (Phi) is 6.89. The number of anilines is 1. The first-order valence-electron chi connectivity index (χ1n) is 11.1. The molecule has 1 saturated heterocycles. The van der Waals surface area contributed by atoms with Crippen LogP contribution in [-0.4, -0.2) is 65.2 Å². The molecule has 8 heteroatoms. The van der Waals surface area contributed by atoms with Crippen molar-refractivity contribution in [3.05, 3.63) is 66.4 Å². The zero-order chi connectivity index (χ0) is 22.3. The highest BCUT2D eigenvalue weighted by atomic mass is 16.5. The Morgan fingerprint density at radius 1 is 1.12 bits per heavy atom. The summed E-state index contributed by atoms with van der Waals surface area (Å²) in [5, 5.41) is 3.44. The van der Waals surface area contributed by atoms with E-state index in [2.05, 4.69) is 50.2 Å². The molecule has 0 unspecified atom stereocenters. The molecule has 32 heavy (non-hydrogen) atoms. The lowest BCUT2D eigenvalue weighted by Gasteiger charge is -2.37. The molecule has 0 amide bonds. The third kappa shape index (κ3) is 5.01. The van der Waals surface area contributed by atoms with E-state index in [-0.39, 0.29) is 0 Å². The minimum atomic E-state index is 0.592. The van der Waals surface area contributed by atoms with Crippen molar-refractivity contribution in [2.75, 3.05) is 44.7 Å². The van der Waals surface area contributed by atoms with Crippen LogP contribution < -0.4 is 15.0 Å². The lowest BCUT2D eigenvalue weighted by atomic mass is 10.2. The molecule has 3 heterocycles. The first kappa shape index (κ1) is 21.7. The summed E-state index contributed by atoms with van der Waals surface area (Å²) < 4.78 is 7.34. The Balaban J connectivity index is 1.38. The van der Waals surface area contributed by atoms with E-state index in [1.807, 2.05) is 42.1 Å². The van der Waals surface area contributed by atoms with Crippen LogP contribution >= 0.6 is 0 Å². The number of aromatic nitrogens is 3. The molecule has 0 aliphatic carbocycles. The van der Waals surface area contributed by atoms with E-state index in [1.54, 1.807) is 13.3 Å². The van der Waals surface area contributed by atoms with E-state index in [0.717, 1.165) is 61.6 Å². The van der Waals surface area contributed by atoms with Gasteiger partial charge < -0.3 is 19.9 Å². The maximum atomic E-state index is 5.37. The number of nitrogens with one attached hydrogen (secondary N) is 1. The highest BCUT2D eigenvalue weighted by Gasteiger charge is 2.20. The first-order chi connectivity index (χ1) is 15.7. The second kappa shape index (κ2) is 10.2. The number of piperazine rings is 1. The number of pyridine rings is 1. The van der Waals surface area contributed by atoms with Gasteiger partial charge in [-0.25, -0.2) is 15.0 Å². The van der Waals surface area contributed by atoms with Crippen molar-refractivity contribution in [3.8, 4) is 11.6 Å². The van der Waals surface area contributed by atoms with Crippen LogP contribution in [0.5, 0.6) is 5.75 Å². The number of hydrogen-bond donors (Lipinski definition) is 1. The summed E-state index contributed by atoms with van der Waals surface area (Å²) in [5.74, 6) is 3.63. The quantitative estimate of drug-likeness (QED) is 0.476. The summed E-state index contributed by atoms with van der Waals surface area (Å²) in [7, 11) is 1.71. The summed E-state index contributed by atoms with van der Waals surface area (Å²) in [5.41, 5.74) is 2.28. The number of benzene rings is 1. The van der Waals surface area contributed by atoms with Crippen LogP contribution in [0.25, 0.3) is 5.82 Å². The van der Waals surface area contributed by atoms with Crippen molar-refractivity contribution in [2.24, 2.45) is 4.99 Å². The zero-order valence-corrected chi connectivity index (χ0v) is 19.0. The average Bonchev–Trinajstić information content (AvgIpc) is 3.28. The smallest absolute Gasteiger partial charge is 0.194 e. The Bertz CT molecular complexity index is 1040. The fourth-order valence-corrected chi connectivity index (χ4v) is 3.85. The summed E-state index contributed by atoms with van der Waals surface area (Å²) in [6, 6.07) is 12.3. The number of imidazole rings is 1. The van der Waals surface area contributed by atoms with Crippen LogP contribution in [-0.2, 0) is 6.54 Å². The maximum Gasteiger partial charge on any atom is 0.194 e. The van der Waals surface area contributed by atoms with Crippen LogP contribution in [0, 0.1) is 6.92 Å². The standard InChI is InChI=1S/C24H31N7O/c1-4-25-24(28-18-20-8-9-23(27-17-20)31-11-10-26-19(31)2)30-14-12-29(13-15-30)21-6-5-7-22(16-21)32-3/h5-11,16-17H,4,12-15,18H2,1-3H3,(H,25,28). The van der Waals surface area contributed by atoms with Crippen molar-refractivity contribution >= 4 is 11.6 Å². The molecule has 0 spiro atoms. The molecule has 8 nitrogen and oxygen atoms in total. The Labute approximate surface area is 189 Å². The van der Waals surface area contributed by atoms with Crippen molar-refractivity contribution < 1.29 is 4.74 Å². The highest BCUT2D eigenvalue weighted by Crippen LogP contribution is 2.22. The third-order valence-corrected chi connectivity index (χ3v) is 5.63. The number of nitrogens with zero attached hydrogens (tertiary/aromatic N) is 6. The van der Waals surface area contributed by atoms with Crippen molar-refractivity contribution in [3.63, 3.8) is 0 Å². The van der Waals surface area contributed by atoms with Gasteiger partial charge in [-0.1, -0.05) is 12.1 Å². The Morgan fingerprint density at radius 2 is 1.97 bits per heavy atom. The molecule has 1 N–H and O–H groups in total. The van der Waals surface area contributed by atoms with E-state index >= 15 is 0 Å². The number of guanidine groups is 1. The predicted octanol–water partition coefficient (Wildman–Crippen LogP) is 2.87. The molecule has 0 atom stereocenters. The van der Waals surface area contributed by atoms with Gasteiger partial charge in [0.2, 0.25) is 0 Å². The van der Waals surface area contributed by atoms with E-state index in [1.165, 1.54) is 5.69 Å². The number of methoxy groups -OCH3 is 1. The van der Waals surface area contributed by atoms with Gasteiger partial charge in [-0.15, -0.1) is 0 Å². The van der Waals surface area contributed by atoms with Crippen LogP contribution in [0.15, 0.2) is 60.0 Å². The number of rotatable bonds is 6. The molecule has 0 saturated carbocycles. The van der Waals surface area contributed by atoms with Gasteiger partial charge in [-0.05, 0) is 37.6 Å². The largest absolute Gasteiger partial charge is 0.497 e. The fourth-order valence-electron chi connectivity index (χ4n) is 3.85. The molecule has 1 aromatic carbocycles. The van der Waals surface area contributed by atoms with Gasteiger partial charge in [0.25, 0.3) is 0 Å². The third-order valence-electron chi connectivity index (χ3n) is 5.63. The van der Waals surface area contributed by atoms with Gasteiger partial charge in [0.15, 0.2) is 5.96 Å². The molecule has 0 bridgehead atoms. The second-order valence-corrected chi connectivity index (χ2v) is 7.71. The number of aliphatic imine (C=N–C) groups is 1. The molecular formula is C24H31N7O. The van der Waals surface area contributed by atoms with Crippen molar-refractivity contribution in [1.29, 1.82) is 0 Å². The van der Waals surface area contributed by atoms with E-state index in [4.69, 9.17) is 9.73 Å². The van der Waals surface area contributed by atoms with Crippen LogP contribution in [0.2, 0.25) is 0 Å². The SMILES string of the molecule is CCNC(=NCc1ccc(-n2ccnc2C)nc1)N1CCN(c2cccc(OC)c2)CC1. The molecule has 1 aliphatic heterocycles. The molecule has 1 fully saturated rings. The lowest BCUT2D eigenvalue weighted by molar-refractivity contribution is 0.372. The fraction of sp³-hybridized carbons (Fsp3) is 0.375. The normalized spacial score (nSPS) is 14.5. The van der Waals surface area contributed by atoms with Gasteiger partial charge >= 0.3 is 0 Å². The van der Waals surface area contributed by atoms with Crippen LogP contribution in [0.4, 0.5) is 5.69 Å². The maximum absolute atomic E-state index is 5.37. The summed E-state index contributed by atoms with van der Waals surface area (Å²) in [6.07, 6.45) is 5.60. The number of ether oxygens (including phenoxy) is 1. The molecule has 4 rings (SSSR count). The van der Waals surface area contributed by atoms with Crippen molar-refractivity contribution in [2.45, 2.75) is 20.4 Å². The van der Waals surface area contributed by atoms with Gasteiger partial charge in [-0.3, -0.25) is 4.57 Å². The zero-order valence-electron chi connectivity index (χ0n) is 19.0. The number of aryl methyl sites for hydroxylation is 1. The van der Waals surface area contributed by atoms with Crippen LogP contribution in [0.1, 0.15) is 18.3 Å². The monoisotopic (exact) mass is 433 g/mol. The molecule has 3 aromatic rings. The highest BCUT2D eigenvalue weighted by molar-refractivity contribution is 5.80. The Hall–Kier alpha value is -3.55. The van der Waals surface area contributed by atoms with E-state index in [0.29, 0.717) is 6.54 Å². The molecule has 168 valence electrons. The first-order valence-corrected chi connectivity index (χ1v) is 11.1. The lowest BCUT2D eigenvalue weighted by Crippen LogP contribution is -2.52. The van der Waals surface area contributed by atoms with Gasteiger partial charge in [-0.2, -0.15) is 0 Å². The second-order valence-electron chi connectivity index (χ2n) is 7.71. The topological polar surface area (TPSA) is 70.8 Å². The summed E-state index contributed by atoms with van der Waals surface area (Å²) >= 11 is 0. The number of hydrogen-bond acceptors (Lipinski definition) is 5. The molecule has 1 aliphatic rings. The molecule has 2 aromatic heterocycles. The van der Waals surface area contributed by atoms with Crippen molar-refractivity contribution in [1.82, 2.24) is 24.8 Å². The molecule has 0 radical (unpaired) electrons. The van der Waals surface area contributed by atoms with Gasteiger partial charge in [0.1, 0.15) is 17.4 Å². The summed E-state index contributed by atoms with van der Waals surface area (Å²) in [6.45, 7) is 9.22. The minimum Gasteiger partial charge on any atom is -0.497 e. The summed E-state index contributed by atoms with van der Waals surface area (Å²) in [4.78, 5) is 18.4. The Morgan fingerprint density at radius 3 is 2.62 bits per heavy atom. The minimum absolute atomic E-state index is 0.592. The average molecular weight is 434 g/mol.